The number of hydrogen-bond acceptors (Lipinski definition) is 3. The molecule has 6 nitrogen and oxygen atoms in total. The Hall–Kier alpha value is -3.93. The molecule has 0 radical (unpaired) electrons. The van der Waals surface area contributed by atoms with E-state index in [1.807, 2.05) is 77.1 Å². The van der Waals surface area contributed by atoms with E-state index in [1.165, 1.54) is 5.56 Å². The zero-order chi connectivity index (χ0) is 22.1. The standard InChI is InChI=1S/C26H24N4O2/c1-18(27-26(32)20-10-3-2-4-11-20)25-28-21-12-6-8-14-23(21)30(25)17-24(31)29-16-15-19-9-5-7-13-22(19)29/h2-14,18H,15-17H2,1H3,(H,27,32). The van der Waals surface area contributed by atoms with Crippen LogP contribution in [0.15, 0.2) is 78.9 Å². The average Bonchev–Trinajstić information content (AvgIpc) is 3.42. The van der Waals surface area contributed by atoms with Crippen molar-refractivity contribution in [3.05, 3.63) is 95.8 Å². The number of aromatic nitrogens is 2. The van der Waals surface area contributed by atoms with Gasteiger partial charge in [-0.1, -0.05) is 48.5 Å². The molecule has 0 aliphatic carbocycles. The van der Waals surface area contributed by atoms with Gasteiger partial charge in [0.05, 0.1) is 17.1 Å². The highest BCUT2D eigenvalue weighted by molar-refractivity contribution is 5.96. The van der Waals surface area contributed by atoms with E-state index in [9.17, 15) is 9.59 Å². The molecule has 1 atom stereocenters. The van der Waals surface area contributed by atoms with Crippen LogP contribution in [0, 0.1) is 0 Å². The van der Waals surface area contributed by atoms with Crippen molar-refractivity contribution in [3.63, 3.8) is 0 Å². The quantitative estimate of drug-likeness (QED) is 0.524. The van der Waals surface area contributed by atoms with Gasteiger partial charge in [0.15, 0.2) is 0 Å². The fourth-order valence-electron chi connectivity index (χ4n) is 4.34. The Bertz CT molecular complexity index is 1300. The number of benzene rings is 3. The van der Waals surface area contributed by atoms with Crippen LogP contribution in [-0.2, 0) is 17.8 Å². The molecule has 1 aliphatic heterocycles. The van der Waals surface area contributed by atoms with Gasteiger partial charge >= 0.3 is 0 Å². The van der Waals surface area contributed by atoms with Crippen LogP contribution in [0.4, 0.5) is 5.69 Å². The maximum atomic E-state index is 13.3. The van der Waals surface area contributed by atoms with Crippen molar-refractivity contribution in [2.45, 2.75) is 25.9 Å². The Balaban J connectivity index is 1.44. The van der Waals surface area contributed by atoms with Gasteiger partial charge in [-0.15, -0.1) is 0 Å². The zero-order valence-electron chi connectivity index (χ0n) is 17.9. The normalized spacial score (nSPS) is 13.7. The second kappa shape index (κ2) is 8.30. The minimum absolute atomic E-state index is 0.0148. The van der Waals surface area contributed by atoms with Crippen molar-refractivity contribution in [2.75, 3.05) is 11.4 Å². The average molecular weight is 425 g/mol. The highest BCUT2D eigenvalue weighted by Crippen LogP contribution is 2.28. The lowest BCUT2D eigenvalue weighted by molar-refractivity contribution is -0.119. The molecule has 2 amide bonds. The number of rotatable bonds is 5. The summed E-state index contributed by atoms with van der Waals surface area (Å²) in [7, 11) is 0. The van der Waals surface area contributed by atoms with Crippen molar-refractivity contribution in [1.82, 2.24) is 14.9 Å². The highest BCUT2D eigenvalue weighted by Gasteiger charge is 2.27. The van der Waals surface area contributed by atoms with Crippen LogP contribution in [0.5, 0.6) is 0 Å². The zero-order valence-corrected chi connectivity index (χ0v) is 17.9. The summed E-state index contributed by atoms with van der Waals surface area (Å²) in [6.07, 6.45) is 0.864. The molecule has 1 aromatic heterocycles. The van der Waals surface area contributed by atoms with Gasteiger partial charge in [0, 0.05) is 17.8 Å². The number of nitrogens with one attached hydrogen (secondary N) is 1. The van der Waals surface area contributed by atoms with Gasteiger partial charge in [-0.25, -0.2) is 4.98 Å². The van der Waals surface area contributed by atoms with Gasteiger partial charge in [0.2, 0.25) is 5.91 Å². The first-order valence-corrected chi connectivity index (χ1v) is 10.8. The van der Waals surface area contributed by atoms with Crippen LogP contribution in [-0.4, -0.2) is 27.9 Å². The van der Waals surface area contributed by atoms with Crippen LogP contribution in [0.1, 0.15) is 34.7 Å². The molecule has 1 unspecified atom stereocenters. The molecule has 160 valence electrons. The van der Waals surface area contributed by atoms with E-state index in [0.29, 0.717) is 17.9 Å². The summed E-state index contributed by atoms with van der Waals surface area (Å²) in [4.78, 5) is 32.6. The molecule has 0 fully saturated rings. The topological polar surface area (TPSA) is 67.2 Å². The molecule has 3 aromatic carbocycles. The van der Waals surface area contributed by atoms with Crippen molar-refractivity contribution in [1.29, 1.82) is 0 Å². The Morgan fingerprint density at radius 1 is 0.969 bits per heavy atom. The Morgan fingerprint density at radius 3 is 2.53 bits per heavy atom. The minimum Gasteiger partial charge on any atom is -0.342 e. The van der Waals surface area contributed by atoms with E-state index in [0.717, 1.165) is 23.1 Å². The number of amides is 2. The lowest BCUT2D eigenvalue weighted by Gasteiger charge is -2.20. The number of para-hydroxylation sites is 3. The highest BCUT2D eigenvalue weighted by atomic mass is 16.2. The van der Waals surface area contributed by atoms with Crippen LogP contribution >= 0.6 is 0 Å². The maximum absolute atomic E-state index is 13.3. The third kappa shape index (κ3) is 3.64. The van der Waals surface area contributed by atoms with Crippen molar-refractivity contribution >= 4 is 28.5 Å². The second-order valence-corrected chi connectivity index (χ2v) is 8.03. The van der Waals surface area contributed by atoms with Crippen LogP contribution in [0.3, 0.4) is 0 Å². The van der Waals surface area contributed by atoms with Gasteiger partial charge in [-0.2, -0.15) is 0 Å². The number of anilines is 1. The second-order valence-electron chi connectivity index (χ2n) is 8.03. The number of imidazole rings is 1. The van der Waals surface area contributed by atoms with Gasteiger partial charge in [0.1, 0.15) is 12.4 Å². The monoisotopic (exact) mass is 424 g/mol. The summed E-state index contributed by atoms with van der Waals surface area (Å²) in [5.74, 6) is 0.508. The van der Waals surface area contributed by atoms with Gasteiger partial charge in [-0.05, 0) is 49.2 Å². The number of hydrogen-bond donors (Lipinski definition) is 1. The largest absolute Gasteiger partial charge is 0.342 e. The Kier molecular flexibility index (Phi) is 5.19. The summed E-state index contributed by atoms with van der Waals surface area (Å²) in [6.45, 7) is 2.74. The Labute approximate surface area is 186 Å². The summed E-state index contributed by atoms with van der Waals surface area (Å²) < 4.78 is 1.93. The van der Waals surface area contributed by atoms with Crippen LogP contribution in [0.2, 0.25) is 0 Å². The van der Waals surface area contributed by atoms with E-state index < -0.39 is 0 Å². The number of carbonyl (C=O) groups excluding carboxylic acids is 2. The molecule has 0 bridgehead atoms. The van der Waals surface area contributed by atoms with E-state index in [4.69, 9.17) is 4.98 Å². The van der Waals surface area contributed by atoms with Crippen LogP contribution in [0.25, 0.3) is 11.0 Å². The SMILES string of the molecule is CC(NC(=O)c1ccccc1)c1nc2ccccc2n1CC(=O)N1CCc2ccccc21. The molecule has 0 saturated carbocycles. The third-order valence-electron chi connectivity index (χ3n) is 5.94. The number of fused-ring (bicyclic) bond motifs is 2. The van der Waals surface area contributed by atoms with E-state index >= 15 is 0 Å². The lowest BCUT2D eigenvalue weighted by Crippen LogP contribution is -2.34. The molecule has 32 heavy (non-hydrogen) atoms. The van der Waals surface area contributed by atoms with Gasteiger partial charge < -0.3 is 14.8 Å². The van der Waals surface area contributed by atoms with Gasteiger partial charge in [0.25, 0.3) is 5.91 Å². The van der Waals surface area contributed by atoms with Crippen molar-refractivity contribution < 1.29 is 9.59 Å². The van der Waals surface area contributed by atoms with Crippen molar-refractivity contribution in [2.24, 2.45) is 0 Å². The number of nitrogens with zero attached hydrogens (tertiary/aromatic N) is 3. The molecule has 4 aromatic rings. The third-order valence-corrected chi connectivity index (χ3v) is 5.94. The van der Waals surface area contributed by atoms with Crippen molar-refractivity contribution in [3.8, 4) is 0 Å². The predicted molar refractivity (Wildman–Crippen MR) is 125 cm³/mol. The summed E-state index contributed by atoms with van der Waals surface area (Å²) >= 11 is 0. The van der Waals surface area contributed by atoms with Crippen LogP contribution < -0.4 is 10.2 Å². The molecule has 0 spiro atoms. The van der Waals surface area contributed by atoms with E-state index in [1.54, 1.807) is 12.1 Å². The minimum atomic E-state index is -0.367. The number of carbonyl (C=O) groups is 2. The maximum Gasteiger partial charge on any atom is 0.251 e. The van der Waals surface area contributed by atoms with E-state index in [-0.39, 0.29) is 24.4 Å². The Morgan fingerprint density at radius 2 is 1.69 bits per heavy atom. The summed E-state index contributed by atoms with van der Waals surface area (Å²) in [5.41, 5.74) is 4.45. The summed E-state index contributed by atoms with van der Waals surface area (Å²) in [6, 6.07) is 24.5. The predicted octanol–water partition coefficient (Wildman–Crippen LogP) is 4.12. The fourth-order valence-corrected chi connectivity index (χ4v) is 4.34. The molecule has 0 saturated heterocycles. The first-order chi connectivity index (χ1) is 15.6. The molecule has 1 aliphatic rings. The molecule has 2 heterocycles. The lowest BCUT2D eigenvalue weighted by atomic mass is 10.2. The molecular formula is C26H24N4O2. The molecule has 6 heteroatoms. The van der Waals surface area contributed by atoms with E-state index in [2.05, 4.69) is 11.4 Å². The first kappa shape index (κ1) is 20.0. The molecule has 1 N–H and O–H groups in total. The molecular weight excluding hydrogens is 400 g/mol. The molecule has 5 rings (SSSR count). The summed E-state index contributed by atoms with van der Waals surface area (Å²) in [5, 5.41) is 3.03. The first-order valence-electron chi connectivity index (χ1n) is 10.8. The van der Waals surface area contributed by atoms with Gasteiger partial charge in [-0.3, -0.25) is 9.59 Å². The fraction of sp³-hybridized carbons (Fsp3) is 0.192. The smallest absolute Gasteiger partial charge is 0.251 e.